The van der Waals surface area contributed by atoms with Crippen molar-refractivity contribution in [2.45, 2.75) is 58.9 Å². The van der Waals surface area contributed by atoms with Gasteiger partial charge in [-0.05, 0) is 37.8 Å². The highest BCUT2D eigenvalue weighted by molar-refractivity contribution is 7.09. The molecule has 0 aliphatic carbocycles. The van der Waals surface area contributed by atoms with Gasteiger partial charge in [-0.15, -0.1) is 11.3 Å². The summed E-state index contributed by atoms with van der Waals surface area (Å²) < 4.78 is 0. The minimum absolute atomic E-state index is 0.0707. The van der Waals surface area contributed by atoms with Crippen molar-refractivity contribution in [3.63, 3.8) is 0 Å². The Hall–Kier alpha value is -0.940. The number of hydrogen-bond acceptors (Lipinski definition) is 4. The van der Waals surface area contributed by atoms with E-state index >= 15 is 0 Å². The second-order valence-corrected chi connectivity index (χ2v) is 8.38. The van der Waals surface area contributed by atoms with Crippen molar-refractivity contribution in [3.8, 4) is 0 Å². The van der Waals surface area contributed by atoms with E-state index in [4.69, 9.17) is 0 Å². The molecule has 0 spiro atoms. The molecule has 2 N–H and O–H groups in total. The third kappa shape index (κ3) is 5.06. The van der Waals surface area contributed by atoms with Gasteiger partial charge in [0, 0.05) is 17.2 Å². The van der Waals surface area contributed by atoms with Crippen LogP contribution < -0.4 is 10.6 Å². The van der Waals surface area contributed by atoms with Gasteiger partial charge in [0.05, 0.1) is 12.2 Å². The quantitative estimate of drug-likeness (QED) is 0.875. The van der Waals surface area contributed by atoms with E-state index in [1.54, 1.807) is 11.3 Å². The number of rotatable bonds is 5. The number of nitrogens with zero attached hydrogens (tertiary/aromatic N) is 1. The predicted molar refractivity (Wildman–Crippen MR) is 92.0 cm³/mol. The molecule has 1 aromatic heterocycles. The van der Waals surface area contributed by atoms with Gasteiger partial charge in [-0.3, -0.25) is 4.79 Å². The smallest absolute Gasteiger partial charge is 0.220 e. The first-order chi connectivity index (χ1) is 10.4. The number of nitrogens with one attached hydrogen (secondary N) is 2. The summed E-state index contributed by atoms with van der Waals surface area (Å²) in [7, 11) is 0. The van der Waals surface area contributed by atoms with Gasteiger partial charge in [0.2, 0.25) is 5.91 Å². The van der Waals surface area contributed by atoms with Crippen LogP contribution in [0.3, 0.4) is 0 Å². The van der Waals surface area contributed by atoms with Gasteiger partial charge in [-0.2, -0.15) is 0 Å². The monoisotopic (exact) mass is 323 g/mol. The zero-order valence-corrected chi connectivity index (χ0v) is 15.1. The summed E-state index contributed by atoms with van der Waals surface area (Å²) >= 11 is 1.63. The van der Waals surface area contributed by atoms with E-state index in [0.29, 0.717) is 24.8 Å². The van der Waals surface area contributed by atoms with E-state index in [1.165, 1.54) is 12.8 Å². The fraction of sp³-hybridized carbons (Fsp3) is 0.765. The molecule has 1 saturated heterocycles. The lowest BCUT2D eigenvalue weighted by Gasteiger charge is -2.27. The number of carbonyl (C=O) groups is 1. The van der Waals surface area contributed by atoms with Crippen molar-refractivity contribution in [2.24, 2.45) is 11.8 Å². The average Bonchev–Trinajstić information content (AvgIpc) is 2.95. The molecule has 1 aromatic rings. The molecule has 0 radical (unpaired) electrons. The van der Waals surface area contributed by atoms with Crippen LogP contribution in [0, 0.1) is 11.8 Å². The number of aromatic nitrogens is 1. The van der Waals surface area contributed by atoms with Gasteiger partial charge in [0.15, 0.2) is 0 Å². The summed E-state index contributed by atoms with van der Waals surface area (Å²) in [5.74, 6) is 1.21. The van der Waals surface area contributed by atoms with E-state index in [-0.39, 0.29) is 11.3 Å². The standard InChI is InChI=1S/C17H29N3OS/c1-12(13-6-5-7-18-9-13)8-15(21)19-10-16-20-14(11-22-16)17(2,3)4/h11-13,18H,5-10H2,1-4H3,(H,19,21). The lowest BCUT2D eigenvalue weighted by atomic mass is 9.85. The van der Waals surface area contributed by atoms with Crippen LogP contribution >= 0.6 is 11.3 Å². The maximum absolute atomic E-state index is 12.1. The Balaban J connectivity index is 1.76. The first-order valence-corrected chi connectivity index (χ1v) is 9.16. The molecule has 1 aliphatic heterocycles. The minimum atomic E-state index is 0.0707. The van der Waals surface area contributed by atoms with Gasteiger partial charge < -0.3 is 10.6 Å². The summed E-state index contributed by atoms with van der Waals surface area (Å²) in [6, 6.07) is 0. The van der Waals surface area contributed by atoms with Crippen LogP contribution in [0.5, 0.6) is 0 Å². The SMILES string of the molecule is CC(CC(=O)NCc1nc(C(C)(C)C)cs1)C1CCCNC1. The van der Waals surface area contributed by atoms with Crippen molar-refractivity contribution in [1.29, 1.82) is 0 Å². The zero-order chi connectivity index (χ0) is 16.2. The topological polar surface area (TPSA) is 54.0 Å². The van der Waals surface area contributed by atoms with Crippen LogP contribution in [0.1, 0.15) is 57.7 Å². The lowest BCUT2D eigenvalue weighted by molar-refractivity contribution is -0.122. The molecule has 2 rings (SSSR count). The fourth-order valence-electron chi connectivity index (χ4n) is 2.81. The van der Waals surface area contributed by atoms with Gasteiger partial charge in [-0.25, -0.2) is 4.98 Å². The van der Waals surface area contributed by atoms with E-state index in [1.807, 2.05) is 0 Å². The number of thiazole rings is 1. The van der Waals surface area contributed by atoms with Crippen LogP contribution in [-0.2, 0) is 16.8 Å². The largest absolute Gasteiger partial charge is 0.350 e. The molecule has 0 bridgehead atoms. The average molecular weight is 324 g/mol. The third-order valence-corrected chi connectivity index (χ3v) is 5.25. The van der Waals surface area contributed by atoms with Crippen molar-refractivity contribution in [3.05, 3.63) is 16.1 Å². The van der Waals surface area contributed by atoms with Crippen molar-refractivity contribution < 1.29 is 4.79 Å². The Bertz CT molecular complexity index is 486. The number of hydrogen-bond donors (Lipinski definition) is 2. The molecular weight excluding hydrogens is 294 g/mol. The second kappa shape index (κ2) is 7.55. The van der Waals surface area contributed by atoms with E-state index < -0.39 is 0 Å². The molecule has 5 heteroatoms. The fourth-order valence-corrected chi connectivity index (χ4v) is 3.77. The molecule has 1 aliphatic rings. The highest BCUT2D eigenvalue weighted by Crippen LogP contribution is 2.24. The zero-order valence-electron chi connectivity index (χ0n) is 14.2. The predicted octanol–water partition coefficient (Wildman–Crippen LogP) is 3.08. The molecule has 2 heterocycles. The van der Waals surface area contributed by atoms with Crippen molar-refractivity contribution in [1.82, 2.24) is 15.6 Å². The summed E-state index contributed by atoms with van der Waals surface area (Å²) in [6.45, 7) is 11.4. The van der Waals surface area contributed by atoms with Gasteiger partial charge in [0.1, 0.15) is 5.01 Å². The van der Waals surface area contributed by atoms with Crippen LogP contribution in [0.4, 0.5) is 0 Å². The Labute approximate surface area is 138 Å². The highest BCUT2D eigenvalue weighted by atomic mass is 32.1. The molecule has 0 saturated carbocycles. The van der Waals surface area contributed by atoms with Crippen LogP contribution in [0.2, 0.25) is 0 Å². The molecule has 1 amide bonds. The van der Waals surface area contributed by atoms with Crippen molar-refractivity contribution in [2.75, 3.05) is 13.1 Å². The van der Waals surface area contributed by atoms with E-state index in [0.717, 1.165) is 23.8 Å². The molecule has 0 aromatic carbocycles. The normalized spacial score (nSPS) is 20.6. The molecule has 2 atom stereocenters. The van der Waals surface area contributed by atoms with Crippen LogP contribution in [-0.4, -0.2) is 24.0 Å². The van der Waals surface area contributed by atoms with Crippen molar-refractivity contribution >= 4 is 17.2 Å². The summed E-state index contributed by atoms with van der Waals surface area (Å²) in [4.78, 5) is 16.7. The summed E-state index contributed by atoms with van der Waals surface area (Å²) in [5.41, 5.74) is 1.17. The number of amides is 1. The molecular formula is C17H29N3OS. The minimum Gasteiger partial charge on any atom is -0.350 e. The Morgan fingerprint density at radius 3 is 2.91 bits per heavy atom. The highest BCUT2D eigenvalue weighted by Gasteiger charge is 2.22. The molecule has 22 heavy (non-hydrogen) atoms. The molecule has 4 nitrogen and oxygen atoms in total. The van der Waals surface area contributed by atoms with Gasteiger partial charge in [-0.1, -0.05) is 27.7 Å². The van der Waals surface area contributed by atoms with E-state index in [2.05, 4.69) is 48.7 Å². The summed E-state index contributed by atoms with van der Waals surface area (Å²) in [5, 5.41) is 9.53. The second-order valence-electron chi connectivity index (χ2n) is 7.44. The maximum Gasteiger partial charge on any atom is 0.220 e. The molecule has 1 fully saturated rings. The number of piperidine rings is 1. The Morgan fingerprint density at radius 1 is 1.55 bits per heavy atom. The van der Waals surface area contributed by atoms with E-state index in [9.17, 15) is 4.79 Å². The van der Waals surface area contributed by atoms with Gasteiger partial charge in [0.25, 0.3) is 0 Å². The van der Waals surface area contributed by atoms with Gasteiger partial charge >= 0.3 is 0 Å². The number of carbonyl (C=O) groups excluding carboxylic acids is 1. The molecule has 2 unspecified atom stereocenters. The third-order valence-electron chi connectivity index (χ3n) is 4.40. The maximum atomic E-state index is 12.1. The first kappa shape index (κ1) is 17.4. The lowest BCUT2D eigenvalue weighted by Crippen LogP contribution is -2.35. The first-order valence-electron chi connectivity index (χ1n) is 8.28. The van der Waals surface area contributed by atoms with Crippen LogP contribution in [0.15, 0.2) is 5.38 Å². The Kier molecular flexibility index (Phi) is 5.98. The Morgan fingerprint density at radius 2 is 2.32 bits per heavy atom. The summed E-state index contributed by atoms with van der Waals surface area (Å²) in [6.07, 6.45) is 3.08. The molecule has 124 valence electrons. The van der Waals surface area contributed by atoms with Crippen LogP contribution in [0.25, 0.3) is 0 Å².